The molecule has 5 heteroatoms. The predicted octanol–water partition coefficient (Wildman–Crippen LogP) is 2.81. The van der Waals surface area contributed by atoms with Crippen molar-refractivity contribution in [1.29, 1.82) is 0 Å². The van der Waals surface area contributed by atoms with Gasteiger partial charge in [-0.1, -0.05) is 11.6 Å². The highest BCUT2D eigenvalue weighted by Gasteiger charge is 2.12. The number of hydrogen-bond acceptors (Lipinski definition) is 4. The lowest BCUT2D eigenvalue weighted by atomic mass is 10.1. The highest BCUT2D eigenvalue weighted by Crippen LogP contribution is 2.32. The number of halogens is 1. The van der Waals surface area contributed by atoms with Crippen molar-refractivity contribution >= 4 is 11.6 Å². The van der Waals surface area contributed by atoms with Gasteiger partial charge < -0.3 is 9.47 Å². The zero-order valence-electron chi connectivity index (χ0n) is 9.48. The topological polar surface area (TPSA) is 44.2 Å². The van der Waals surface area contributed by atoms with Crippen molar-refractivity contribution in [2.24, 2.45) is 0 Å². The first-order chi connectivity index (χ1) is 8.26. The minimum absolute atomic E-state index is 0.299. The second-order valence-electron chi connectivity index (χ2n) is 3.27. The zero-order valence-corrected chi connectivity index (χ0v) is 10.2. The zero-order chi connectivity index (χ0) is 12.3. The molecule has 2 rings (SSSR count). The first-order valence-electron chi connectivity index (χ1n) is 4.95. The van der Waals surface area contributed by atoms with Crippen LogP contribution in [-0.4, -0.2) is 24.2 Å². The van der Waals surface area contributed by atoms with Crippen LogP contribution in [-0.2, 0) is 0 Å². The number of methoxy groups -OCH3 is 2. The molecule has 0 aliphatic rings. The van der Waals surface area contributed by atoms with Crippen LogP contribution >= 0.6 is 11.6 Å². The van der Waals surface area contributed by atoms with Gasteiger partial charge in [-0.2, -0.15) is 0 Å². The normalized spacial score (nSPS) is 10.1. The Morgan fingerprint density at radius 2 is 1.71 bits per heavy atom. The number of benzene rings is 1. The highest BCUT2D eigenvalue weighted by molar-refractivity contribution is 6.31. The van der Waals surface area contributed by atoms with Gasteiger partial charge in [0.15, 0.2) is 10.9 Å². The molecule has 1 aromatic carbocycles. The monoisotopic (exact) mass is 250 g/mol. The molecule has 0 unspecified atom stereocenters. The van der Waals surface area contributed by atoms with Crippen LogP contribution in [0.25, 0.3) is 11.3 Å². The Bertz CT molecular complexity index is 514. The van der Waals surface area contributed by atoms with E-state index in [1.165, 1.54) is 13.4 Å². The molecule has 0 bridgehead atoms. The van der Waals surface area contributed by atoms with E-state index >= 15 is 0 Å². The smallest absolute Gasteiger partial charge is 0.182 e. The number of hydrogen-bond donors (Lipinski definition) is 0. The third kappa shape index (κ3) is 2.31. The van der Waals surface area contributed by atoms with Crippen LogP contribution in [0, 0.1) is 0 Å². The fourth-order valence-corrected chi connectivity index (χ4v) is 1.70. The van der Waals surface area contributed by atoms with Gasteiger partial charge in [0.1, 0.15) is 17.8 Å². The van der Waals surface area contributed by atoms with Gasteiger partial charge in [-0.3, -0.25) is 0 Å². The lowest BCUT2D eigenvalue weighted by Gasteiger charge is -2.08. The van der Waals surface area contributed by atoms with E-state index in [-0.39, 0.29) is 0 Å². The average molecular weight is 251 g/mol. The van der Waals surface area contributed by atoms with Crippen molar-refractivity contribution in [3.05, 3.63) is 35.7 Å². The molecule has 0 spiro atoms. The van der Waals surface area contributed by atoms with Gasteiger partial charge in [-0.25, -0.2) is 9.97 Å². The molecule has 0 radical (unpaired) electrons. The van der Waals surface area contributed by atoms with E-state index in [2.05, 4.69) is 9.97 Å². The summed E-state index contributed by atoms with van der Waals surface area (Å²) >= 11 is 5.94. The van der Waals surface area contributed by atoms with Crippen LogP contribution < -0.4 is 9.47 Å². The van der Waals surface area contributed by atoms with E-state index in [0.29, 0.717) is 16.6 Å². The maximum absolute atomic E-state index is 5.94. The SMILES string of the molecule is COc1ccc(-c2ncnc(Cl)c2OC)cc1. The van der Waals surface area contributed by atoms with E-state index in [4.69, 9.17) is 21.1 Å². The van der Waals surface area contributed by atoms with Crippen molar-refractivity contribution in [1.82, 2.24) is 9.97 Å². The van der Waals surface area contributed by atoms with Gasteiger partial charge in [0, 0.05) is 5.56 Å². The molecule has 0 saturated heterocycles. The van der Waals surface area contributed by atoms with Gasteiger partial charge in [0.05, 0.1) is 14.2 Å². The van der Waals surface area contributed by atoms with Crippen LogP contribution in [0.5, 0.6) is 11.5 Å². The van der Waals surface area contributed by atoms with Crippen molar-refractivity contribution in [2.45, 2.75) is 0 Å². The van der Waals surface area contributed by atoms with Crippen molar-refractivity contribution in [3.63, 3.8) is 0 Å². The molecule has 4 nitrogen and oxygen atoms in total. The minimum Gasteiger partial charge on any atom is -0.497 e. The lowest BCUT2D eigenvalue weighted by Crippen LogP contribution is -1.94. The largest absolute Gasteiger partial charge is 0.497 e. The molecule has 17 heavy (non-hydrogen) atoms. The summed E-state index contributed by atoms with van der Waals surface area (Å²) in [6.45, 7) is 0. The first kappa shape index (κ1) is 11.7. The summed E-state index contributed by atoms with van der Waals surface area (Å²) < 4.78 is 10.3. The molecule has 1 aromatic heterocycles. The van der Waals surface area contributed by atoms with Gasteiger partial charge in [-0.15, -0.1) is 0 Å². The van der Waals surface area contributed by atoms with Gasteiger partial charge in [-0.05, 0) is 24.3 Å². The molecule has 88 valence electrons. The van der Waals surface area contributed by atoms with Crippen molar-refractivity contribution < 1.29 is 9.47 Å². The van der Waals surface area contributed by atoms with Crippen LogP contribution in [0.4, 0.5) is 0 Å². The van der Waals surface area contributed by atoms with Crippen LogP contribution in [0.3, 0.4) is 0 Å². The molecule has 0 atom stereocenters. The van der Waals surface area contributed by atoms with Crippen LogP contribution in [0.15, 0.2) is 30.6 Å². The van der Waals surface area contributed by atoms with Gasteiger partial charge in [0.2, 0.25) is 0 Å². The van der Waals surface area contributed by atoms with Gasteiger partial charge in [0.25, 0.3) is 0 Å². The molecule has 0 N–H and O–H groups in total. The van der Waals surface area contributed by atoms with Crippen LogP contribution in [0.1, 0.15) is 0 Å². The maximum Gasteiger partial charge on any atom is 0.182 e. The first-order valence-corrected chi connectivity index (χ1v) is 5.33. The fourth-order valence-electron chi connectivity index (χ4n) is 1.49. The maximum atomic E-state index is 5.94. The second kappa shape index (κ2) is 5.01. The fraction of sp³-hybridized carbons (Fsp3) is 0.167. The van der Waals surface area contributed by atoms with Gasteiger partial charge >= 0.3 is 0 Å². The molecular weight excluding hydrogens is 240 g/mol. The predicted molar refractivity (Wildman–Crippen MR) is 65.6 cm³/mol. The summed E-state index contributed by atoms with van der Waals surface area (Å²) in [7, 11) is 3.16. The number of rotatable bonds is 3. The third-order valence-corrected chi connectivity index (χ3v) is 2.60. The summed E-state index contributed by atoms with van der Waals surface area (Å²) in [4.78, 5) is 8.05. The van der Waals surface area contributed by atoms with E-state index in [1.54, 1.807) is 7.11 Å². The molecular formula is C12H11ClN2O2. The van der Waals surface area contributed by atoms with Crippen molar-refractivity contribution in [3.8, 4) is 22.8 Å². The minimum atomic E-state index is 0.299. The molecule has 0 aliphatic carbocycles. The second-order valence-corrected chi connectivity index (χ2v) is 3.63. The lowest BCUT2D eigenvalue weighted by molar-refractivity contribution is 0.412. The molecule has 2 aromatic rings. The number of aromatic nitrogens is 2. The van der Waals surface area contributed by atoms with Crippen molar-refractivity contribution in [2.75, 3.05) is 14.2 Å². The molecule has 0 saturated carbocycles. The Labute approximate surface area is 104 Å². The number of ether oxygens (including phenoxy) is 2. The molecule has 0 amide bonds. The Morgan fingerprint density at radius 3 is 2.29 bits per heavy atom. The Morgan fingerprint density at radius 1 is 1.00 bits per heavy atom. The molecule has 0 aliphatic heterocycles. The Hall–Kier alpha value is -1.81. The molecule has 0 fully saturated rings. The quantitative estimate of drug-likeness (QED) is 0.786. The van der Waals surface area contributed by atoms with E-state index < -0.39 is 0 Å². The number of nitrogens with zero attached hydrogens (tertiary/aromatic N) is 2. The van der Waals surface area contributed by atoms with E-state index in [9.17, 15) is 0 Å². The van der Waals surface area contributed by atoms with E-state index in [0.717, 1.165) is 11.3 Å². The summed E-state index contributed by atoms with van der Waals surface area (Å²) in [6.07, 6.45) is 1.41. The summed E-state index contributed by atoms with van der Waals surface area (Å²) in [5.74, 6) is 1.26. The van der Waals surface area contributed by atoms with Crippen LogP contribution in [0.2, 0.25) is 5.15 Å². The summed E-state index contributed by atoms with van der Waals surface area (Å²) in [6, 6.07) is 7.48. The Kier molecular flexibility index (Phi) is 3.44. The van der Waals surface area contributed by atoms with E-state index in [1.807, 2.05) is 24.3 Å². The standard InChI is InChI=1S/C12H11ClN2O2/c1-16-9-5-3-8(4-6-9)10-11(17-2)12(13)15-7-14-10/h3-7H,1-2H3. The highest BCUT2D eigenvalue weighted by atomic mass is 35.5. The summed E-state index contributed by atoms with van der Waals surface area (Å²) in [5, 5.41) is 0.299. The third-order valence-electron chi connectivity index (χ3n) is 2.33. The average Bonchev–Trinajstić information content (AvgIpc) is 2.38. The summed E-state index contributed by atoms with van der Waals surface area (Å²) in [5.41, 5.74) is 1.56. The molecule has 1 heterocycles. The Balaban J connectivity index is 2.48.